The molecule has 0 amide bonds. The molecule has 4 rings (SSSR count). The number of rotatable bonds is 7. The number of esters is 1. The molecular weight excluding hydrogens is 486 g/mol. The van der Waals surface area contributed by atoms with Crippen LogP contribution in [-0.4, -0.2) is 41.1 Å². The van der Waals surface area contributed by atoms with Crippen molar-refractivity contribution in [3.05, 3.63) is 64.2 Å². The normalized spacial score (nSPS) is 17.1. The van der Waals surface area contributed by atoms with Crippen LogP contribution in [0.1, 0.15) is 73.3 Å². The van der Waals surface area contributed by atoms with Crippen LogP contribution >= 0.6 is 23.4 Å². The van der Waals surface area contributed by atoms with Crippen LogP contribution in [0.3, 0.4) is 0 Å². The van der Waals surface area contributed by atoms with Crippen molar-refractivity contribution in [2.24, 2.45) is 0 Å². The molecule has 1 aliphatic heterocycles. The van der Waals surface area contributed by atoms with Crippen molar-refractivity contribution >= 4 is 29.3 Å². The zero-order chi connectivity index (χ0) is 25.3. The van der Waals surface area contributed by atoms with E-state index in [0.717, 1.165) is 22.6 Å². The molecule has 2 aromatic carbocycles. The van der Waals surface area contributed by atoms with Gasteiger partial charge in [0.1, 0.15) is 5.82 Å². The van der Waals surface area contributed by atoms with Gasteiger partial charge in [0.05, 0.1) is 42.9 Å². The number of hydrogen-bond acceptors (Lipinski definition) is 7. The smallest absolute Gasteiger partial charge is 0.307 e. The van der Waals surface area contributed by atoms with E-state index in [2.05, 4.69) is 28.6 Å². The van der Waals surface area contributed by atoms with E-state index >= 15 is 0 Å². The zero-order valence-corrected chi connectivity index (χ0v) is 22.3. The lowest BCUT2D eigenvalue weighted by atomic mass is 10.0. The van der Waals surface area contributed by atoms with Crippen molar-refractivity contribution in [1.82, 2.24) is 14.8 Å². The van der Waals surface area contributed by atoms with Crippen LogP contribution in [0.15, 0.2) is 36.4 Å². The van der Waals surface area contributed by atoms with Crippen LogP contribution in [0.5, 0.6) is 11.5 Å². The highest BCUT2D eigenvalue weighted by Crippen LogP contribution is 2.54. The van der Waals surface area contributed by atoms with Crippen molar-refractivity contribution in [1.29, 1.82) is 0 Å². The van der Waals surface area contributed by atoms with Crippen LogP contribution in [0.2, 0.25) is 5.02 Å². The monoisotopic (exact) mass is 515 g/mol. The Morgan fingerprint density at radius 1 is 1.09 bits per heavy atom. The van der Waals surface area contributed by atoms with Crippen molar-refractivity contribution in [3.8, 4) is 17.2 Å². The predicted octanol–water partition coefficient (Wildman–Crippen LogP) is 6.28. The first-order valence-corrected chi connectivity index (χ1v) is 12.9. The molecule has 1 aliphatic rings. The van der Waals surface area contributed by atoms with Gasteiger partial charge < -0.3 is 14.2 Å². The maximum absolute atomic E-state index is 12.8. The van der Waals surface area contributed by atoms with Gasteiger partial charge in [0.2, 0.25) is 0 Å². The summed E-state index contributed by atoms with van der Waals surface area (Å²) in [4.78, 5) is 12.8. The average Bonchev–Trinajstić information content (AvgIpc) is 3.21. The van der Waals surface area contributed by atoms with Gasteiger partial charge in [-0.2, -0.15) is 0 Å². The molecule has 0 fully saturated rings. The van der Waals surface area contributed by atoms with E-state index in [1.165, 1.54) is 0 Å². The van der Waals surface area contributed by atoms with Crippen LogP contribution in [0, 0.1) is 0 Å². The van der Waals surface area contributed by atoms with Gasteiger partial charge in [-0.15, -0.1) is 22.0 Å². The van der Waals surface area contributed by atoms with E-state index < -0.39 is 0 Å². The lowest BCUT2D eigenvalue weighted by molar-refractivity contribution is -0.147. The van der Waals surface area contributed by atoms with Gasteiger partial charge in [-0.1, -0.05) is 37.6 Å². The van der Waals surface area contributed by atoms with Crippen LogP contribution in [0.25, 0.3) is 5.69 Å². The van der Waals surface area contributed by atoms with Gasteiger partial charge in [0, 0.05) is 16.5 Å². The second-order valence-electron chi connectivity index (χ2n) is 8.94. The summed E-state index contributed by atoms with van der Waals surface area (Å²) in [5, 5.41) is 9.17. The number of halogens is 1. The number of ether oxygens (including phenoxy) is 3. The Kier molecular flexibility index (Phi) is 7.62. The number of fused-ring (bicyclic) bond motifs is 3. The first kappa shape index (κ1) is 25.4. The number of thioether (sulfide) groups is 1. The molecule has 9 heteroatoms. The zero-order valence-electron chi connectivity index (χ0n) is 20.7. The van der Waals surface area contributed by atoms with Crippen molar-refractivity contribution in [2.75, 3.05) is 14.2 Å². The van der Waals surface area contributed by atoms with E-state index in [9.17, 15) is 4.79 Å². The first-order chi connectivity index (χ1) is 16.7. The van der Waals surface area contributed by atoms with Crippen LogP contribution in [-0.2, 0) is 9.53 Å². The summed E-state index contributed by atoms with van der Waals surface area (Å²) >= 11 is 8.13. The number of benzene rings is 2. The number of para-hydroxylation sites is 1. The molecule has 0 N–H and O–H groups in total. The van der Waals surface area contributed by atoms with Crippen molar-refractivity contribution in [3.63, 3.8) is 0 Å². The number of carbonyl (C=O) groups is 1. The summed E-state index contributed by atoms with van der Waals surface area (Å²) in [5.74, 6) is 2.66. The number of aromatic nitrogens is 3. The van der Waals surface area contributed by atoms with Gasteiger partial charge in [-0.3, -0.25) is 9.36 Å². The topological polar surface area (TPSA) is 75.5 Å². The molecule has 0 radical (unpaired) electrons. The minimum absolute atomic E-state index is 0.121. The fraction of sp³-hybridized carbons (Fsp3) is 0.423. The molecule has 0 aliphatic carbocycles. The minimum atomic E-state index is -0.312. The molecule has 1 aromatic heterocycles. The highest BCUT2D eigenvalue weighted by Gasteiger charge is 2.37. The average molecular weight is 516 g/mol. The molecule has 186 valence electrons. The van der Waals surface area contributed by atoms with Crippen molar-refractivity contribution < 1.29 is 19.0 Å². The van der Waals surface area contributed by atoms with E-state index in [-0.39, 0.29) is 34.9 Å². The lowest BCUT2D eigenvalue weighted by Crippen LogP contribution is -2.16. The summed E-state index contributed by atoms with van der Waals surface area (Å²) < 4.78 is 19.0. The fourth-order valence-electron chi connectivity index (χ4n) is 4.34. The largest absolute Gasteiger partial charge is 0.493 e. The SMILES string of the molecule is COc1cccc(C2SC(CC(=O)OC(C)C)c3nnc(C(C)C)n3-c3ccc(Cl)cc32)c1OC. The lowest BCUT2D eigenvalue weighted by Gasteiger charge is -2.24. The Labute approximate surface area is 215 Å². The summed E-state index contributed by atoms with van der Waals surface area (Å²) in [6, 6.07) is 11.6. The number of hydrogen-bond donors (Lipinski definition) is 0. The molecular formula is C26H30ClN3O4S. The predicted molar refractivity (Wildman–Crippen MR) is 138 cm³/mol. The molecule has 0 saturated heterocycles. The van der Waals surface area contributed by atoms with E-state index in [1.54, 1.807) is 26.0 Å². The molecule has 2 heterocycles. The third kappa shape index (κ3) is 5.00. The van der Waals surface area contributed by atoms with E-state index in [4.69, 9.17) is 25.8 Å². The quantitative estimate of drug-likeness (QED) is 0.343. The third-order valence-corrected chi connectivity index (χ3v) is 7.49. The maximum Gasteiger partial charge on any atom is 0.307 e. The van der Waals surface area contributed by atoms with Gasteiger partial charge in [-0.05, 0) is 43.7 Å². The summed E-state index contributed by atoms with van der Waals surface area (Å²) in [7, 11) is 3.25. The Balaban J connectivity index is 1.95. The molecule has 0 spiro atoms. The summed E-state index contributed by atoms with van der Waals surface area (Å²) in [6.07, 6.45) is -0.0449. The van der Waals surface area contributed by atoms with E-state index in [1.807, 2.05) is 50.2 Å². The molecule has 3 aromatic rings. The Bertz CT molecular complexity index is 1230. The van der Waals surface area contributed by atoms with Gasteiger partial charge >= 0.3 is 5.97 Å². The Morgan fingerprint density at radius 3 is 2.51 bits per heavy atom. The van der Waals surface area contributed by atoms with Crippen molar-refractivity contribution in [2.45, 2.75) is 56.6 Å². The van der Waals surface area contributed by atoms with Gasteiger partial charge in [0.25, 0.3) is 0 Å². The highest BCUT2D eigenvalue weighted by atomic mass is 35.5. The first-order valence-electron chi connectivity index (χ1n) is 11.6. The standard InChI is InChI=1S/C26H30ClN3O4S/c1-14(2)25-28-29-26-21(13-22(31)34-15(3)4)35-24(17-8-7-9-20(32-5)23(17)33-6)18-12-16(27)10-11-19(18)30(25)26/h7-12,14-15,21,24H,13H2,1-6H3. The highest BCUT2D eigenvalue weighted by molar-refractivity contribution is 8.00. The van der Waals surface area contributed by atoms with Gasteiger partial charge in [-0.25, -0.2) is 0 Å². The summed E-state index contributed by atoms with van der Waals surface area (Å²) in [5.41, 5.74) is 2.84. The number of nitrogens with zero attached hydrogens (tertiary/aromatic N) is 3. The Morgan fingerprint density at radius 2 is 1.86 bits per heavy atom. The van der Waals surface area contributed by atoms with Crippen LogP contribution in [0.4, 0.5) is 0 Å². The molecule has 0 saturated carbocycles. The van der Waals surface area contributed by atoms with Crippen LogP contribution < -0.4 is 9.47 Å². The number of carbonyl (C=O) groups excluding carboxylic acids is 1. The minimum Gasteiger partial charge on any atom is -0.493 e. The second-order valence-corrected chi connectivity index (χ2v) is 10.7. The van der Waals surface area contributed by atoms with Gasteiger partial charge in [0.15, 0.2) is 17.3 Å². The maximum atomic E-state index is 12.8. The third-order valence-electron chi connectivity index (χ3n) is 5.77. The Hall–Kier alpha value is -2.71. The summed E-state index contributed by atoms with van der Waals surface area (Å²) in [6.45, 7) is 7.85. The molecule has 7 nitrogen and oxygen atoms in total. The molecule has 35 heavy (non-hydrogen) atoms. The molecule has 2 atom stereocenters. The number of methoxy groups -OCH3 is 2. The molecule has 0 bridgehead atoms. The second kappa shape index (κ2) is 10.5. The fourth-order valence-corrected chi connectivity index (χ4v) is 6.02. The molecule has 2 unspecified atom stereocenters. The van der Waals surface area contributed by atoms with E-state index in [0.29, 0.717) is 22.3 Å².